The third kappa shape index (κ3) is 3.54. The Morgan fingerprint density at radius 2 is 1.21 bits per heavy atom. The van der Waals surface area contributed by atoms with Crippen molar-refractivity contribution in [2.45, 2.75) is 44.3 Å². The van der Waals surface area contributed by atoms with Crippen molar-refractivity contribution >= 4 is 0 Å². The van der Waals surface area contributed by atoms with Gasteiger partial charge in [0.05, 0.1) is 11.1 Å². The van der Waals surface area contributed by atoms with Gasteiger partial charge in [0.2, 0.25) is 0 Å². The summed E-state index contributed by atoms with van der Waals surface area (Å²) in [4.78, 5) is 4.70. The molecule has 0 amide bonds. The van der Waals surface area contributed by atoms with Crippen LogP contribution >= 0.6 is 0 Å². The summed E-state index contributed by atoms with van der Waals surface area (Å²) in [5, 5.41) is 0. The van der Waals surface area contributed by atoms with E-state index in [1.54, 1.807) is 0 Å². The molecular formula is C29H27F3N2. The maximum atomic E-state index is 13.9. The highest BCUT2D eigenvalue weighted by Crippen LogP contribution is 2.55. The molecule has 3 aromatic carbocycles. The third-order valence-corrected chi connectivity index (χ3v) is 7.30. The molecule has 0 aliphatic heterocycles. The highest BCUT2D eigenvalue weighted by atomic mass is 19.4. The third-order valence-electron chi connectivity index (χ3n) is 7.30. The summed E-state index contributed by atoms with van der Waals surface area (Å²) in [5.74, 6) is 0.684. The number of hydrogen-bond donors (Lipinski definition) is 0. The maximum absolute atomic E-state index is 13.9. The number of halogens is 3. The molecule has 1 aliphatic carbocycles. The molecule has 0 unspecified atom stereocenters. The fourth-order valence-corrected chi connectivity index (χ4v) is 5.42. The molecule has 4 aromatic rings. The van der Waals surface area contributed by atoms with Crippen molar-refractivity contribution in [3.8, 4) is 0 Å². The largest absolute Gasteiger partial charge is 0.394 e. The first-order valence-corrected chi connectivity index (χ1v) is 11.7. The molecule has 0 bridgehead atoms. The molecule has 1 aromatic heterocycles. The minimum atomic E-state index is -4.22. The minimum absolute atomic E-state index is 0.0845. The van der Waals surface area contributed by atoms with Crippen LogP contribution in [0.2, 0.25) is 0 Å². The Labute approximate surface area is 198 Å². The van der Waals surface area contributed by atoms with E-state index in [1.807, 2.05) is 67.7 Å². The molecule has 0 radical (unpaired) electrons. The zero-order chi connectivity index (χ0) is 23.8. The van der Waals surface area contributed by atoms with Gasteiger partial charge in [-0.2, -0.15) is 13.2 Å². The van der Waals surface area contributed by atoms with Crippen LogP contribution in [0, 0.1) is 12.3 Å². The zero-order valence-electron chi connectivity index (χ0n) is 19.1. The van der Waals surface area contributed by atoms with Gasteiger partial charge in [-0.15, -0.1) is 0 Å². The summed E-state index contributed by atoms with van der Waals surface area (Å²) < 4.78 is 43.9. The van der Waals surface area contributed by atoms with Gasteiger partial charge in [0.25, 0.3) is 0 Å². The van der Waals surface area contributed by atoms with Crippen molar-refractivity contribution in [3.63, 3.8) is 0 Å². The van der Waals surface area contributed by atoms with E-state index in [0.717, 1.165) is 16.7 Å². The molecule has 1 saturated carbocycles. The smallest absolute Gasteiger partial charge is 0.316 e. The molecule has 0 spiro atoms. The van der Waals surface area contributed by atoms with Crippen LogP contribution in [0.3, 0.4) is 0 Å². The quantitative estimate of drug-likeness (QED) is 0.276. The van der Waals surface area contributed by atoms with Crippen LogP contribution in [0.4, 0.5) is 13.2 Å². The standard InChI is InChI=1S/C29H27F3N2/c1-22-33-26(20-27(18-11-19-27)29(30,31)32)21-34(22)28(23-12-5-2-6-13-23,24-14-7-3-8-15-24)25-16-9-4-10-17-25/h2-10,12-17,21H,11,18-20H2,1H3. The first-order valence-electron chi connectivity index (χ1n) is 11.7. The molecular weight excluding hydrogens is 433 g/mol. The van der Waals surface area contributed by atoms with E-state index >= 15 is 0 Å². The second-order valence-corrected chi connectivity index (χ2v) is 9.27. The average molecular weight is 461 g/mol. The van der Waals surface area contributed by atoms with Gasteiger partial charge in [0, 0.05) is 12.6 Å². The number of aryl methyl sites for hydroxylation is 1. The van der Waals surface area contributed by atoms with Gasteiger partial charge in [-0.1, -0.05) is 97.4 Å². The molecule has 5 rings (SSSR count). The van der Waals surface area contributed by atoms with Gasteiger partial charge in [-0.25, -0.2) is 4.98 Å². The predicted molar refractivity (Wildman–Crippen MR) is 128 cm³/mol. The molecule has 5 heteroatoms. The number of aromatic nitrogens is 2. The van der Waals surface area contributed by atoms with Crippen molar-refractivity contribution in [1.82, 2.24) is 9.55 Å². The van der Waals surface area contributed by atoms with Crippen molar-refractivity contribution < 1.29 is 13.2 Å². The van der Waals surface area contributed by atoms with Gasteiger partial charge in [0.15, 0.2) is 0 Å². The van der Waals surface area contributed by atoms with E-state index in [4.69, 9.17) is 4.98 Å². The zero-order valence-corrected chi connectivity index (χ0v) is 19.1. The Morgan fingerprint density at radius 1 is 0.765 bits per heavy atom. The lowest BCUT2D eigenvalue weighted by atomic mass is 9.65. The summed E-state index contributed by atoms with van der Waals surface area (Å²) in [7, 11) is 0. The van der Waals surface area contributed by atoms with Crippen LogP contribution in [0.5, 0.6) is 0 Å². The number of benzene rings is 3. The minimum Gasteiger partial charge on any atom is -0.316 e. The van der Waals surface area contributed by atoms with Crippen molar-refractivity contribution in [3.05, 3.63) is 125 Å². The van der Waals surface area contributed by atoms with Crippen LogP contribution in [-0.4, -0.2) is 15.7 Å². The van der Waals surface area contributed by atoms with E-state index in [1.165, 1.54) is 0 Å². The Balaban J connectivity index is 1.74. The monoisotopic (exact) mass is 460 g/mol. The molecule has 0 saturated heterocycles. The molecule has 0 N–H and O–H groups in total. The van der Waals surface area contributed by atoms with Crippen molar-refractivity contribution in [1.29, 1.82) is 0 Å². The fraction of sp³-hybridized carbons (Fsp3) is 0.276. The van der Waals surface area contributed by atoms with E-state index in [9.17, 15) is 13.2 Å². The van der Waals surface area contributed by atoms with E-state index in [2.05, 4.69) is 41.0 Å². The maximum Gasteiger partial charge on any atom is 0.394 e. The van der Waals surface area contributed by atoms with Crippen LogP contribution < -0.4 is 0 Å². The second-order valence-electron chi connectivity index (χ2n) is 9.27. The van der Waals surface area contributed by atoms with Crippen molar-refractivity contribution in [2.75, 3.05) is 0 Å². The van der Waals surface area contributed by atoms with Gasteiger partial charge in [0.1, 0.15) is 11.4 Å². The number of alkyl halides is 3. The Bertz CT molecular complexity index is 1140. The van der Waals surface area contributed by atoms with Crippen LogP contribution in [0.15, 0.2) is 97.2 Å². The lowest BCUT2D eigenvalue weighted by Gasteiger charge is -2.42. The first kappa shape index (κ1) is 22.5. The summed E-state index contributed by atoms with van der Waals surface area (Å²) in [6.07, 6.45) is -1.51. The molecule has 1 aliphatic rings. The normalized spacial score (nSPS) is 15.6. The SMILES string of the molecule is Cc1nc(CC2(C(F)(F)F)CCC2)cn1C(c1ccccc1)(c1ccccc1)c1ccccc1. The number of hydrogen-bond acceptors (Lipinski definition) is 1. The van der Waals surface area contributed by atoms with Crippen LogP contribution in [0.1, 0.15) is 47.5 Å². The lowest BCUT2D eigenvalue weighted by molar-refractivity contribution is -0.250. The highest BCUT2D eigenvalue weighted by Gasteiger charge is 2.58. The Hall–Kier alpha value is -3.34. The van der Waals surface area contributed by atoms with E-state index < -0.39 is 17.1 Å². The first-order chi connectivity index (χ1) is 16.4. The average Bonchev–Trinajstić information content (AvgIpc) is 3.18. The fourth-order valence-electron chi connectivity index (χ4n) is 5.42. The van der Waals surface area contributed by atoms with E-state index in [0.29, 0.717) is 17.9 Å². The topological polar surface area (TPSA) is 17.8 Å². The van der Waals surface area contributed by atoms with Crippen molar-refractivity contribution in [2.24, 2.45) is 5.41 Å². The molecule has 34 heavy (non-hydrogen) atoms. The predicted octanol–water partition coefficient (Wildman–Crippen LogP) is 7.31. The lowest BCUT2D eigenvalue weighted by Crippen LogP contribution is -2.45. The molecule has 0 atom stereocenters. The highest BCUT2D eigenvalue weighted by molar-refractivity contribution is 5.51. The second kappa shape index (κ2) is 8.46. The molecule has 1 fully saturated rings. The summed E-state index contributed by atoms with van der Waals surface area (Å²) in [5.41, 5.74) is 1.12. The van der Waals surface area contributed by atoms with Crippen LogP contribution in [-0.2, 0) is 12.0 Å². The number of nitrogens with zero attached hydrogens (tertiary/aromatic N) is 2. The molecule has 174 valence electrons. The van der Waals surface area contributed by atoms with Gasteiger partial charge in [-0.3, -0.25) is 0 Å². The summed E-state index contributed by atoms with van der Waals surface area (Å²) in [6.45, 7) is 1.88. The van der Waals surface area contributed by atoms with E-state index in [-0.39, 0.29) is 19.3 Å². The summed E-state index contributed by atoms with van der Waals surface area (Å²) in [6, 6.07) is 30.3. The number of imidazole rings is 1. The Kier molecular flexibility index (Phi) is 5.59. The molecule has 1 heterocycles. The summed E-state index contributed by atoms with van der Waals surface area (Å²) >= 11 is 0. The molecule has 2 nitrogen and oxygen atoms in total. The van der Waals surface area contributed by atoms with Crippen LogP contribution in [0.25, 0.3) is 0 Å². The Morgan fingerprint density at radius 3 is 1.56 bits per heavy atom. The number of rotatable bonds is 6. The van der Waals surface area contributed by atoms with Gasteiger partial charge in [-0.05, 0) is 36.5 Å². The van der Waals surface area contributed by atoms with Gasteiger partial charge >= 0.3 is 6.18 Å². The van der Waals surface area contributed by atoms with Gasteiger partial charge < -0.3 is 4.57 Å².